The average molecular weight is 252 g/mol. The molecule has 0 saturated carbocycles. The molecule has 16 heavy (non-hydrogen) atoms. The zero-order valence-electron chi connectivity index (χ0n) is 9.84. The second-order valence-corrected chi connectivity index (χ2v) is 4.96. The number of esters is 1. The van der Waals surface area contributed by atoms with Gasteiger partial charge in [0, 0.05) is 14.2 Å². The van der Waals surface area contributed by atoms with Crippen molar-refractivity contribution >= 4 is 13.6 Å². The molecule has 0 bridgehead atoms. The van der Waals surface area contributed by atoms with Crippen LogP contribution in [0.25, 0.3) is 0 Å². The molecule has 0 aromatic heterocycles. The van der Waals surface area contributed by atoms with Gasteiger partial charge in [-0.05, 0) is 6.92 Å². The molecule has 0 heterocycles. The summed E-state index contributed by atoms with van der Waals surface area (Å²) in [6.45, 7) is 1.91. The van der Waals surface area contributed by atoms with Gasteiger partial charge in [0.2, 0.25) is 0 Å². The van der Waals surface area contributed by atoms with Crippen molar-refractivity contribution < 1.29 is 27.9 Å². The van der Waals surface area contributed by atoms with E-state index in [9.17, 15) is 9.36 Å². The lowest BCUT2D eigenvalue weighted by atomic mass is 10.5. The topological polar surface area (TPSA) is 71.1 Å². The summed E-state index contributed by atoms with van der Waals surface area (Å²) in [5, 5.41) is 0. The first-order valence-corrected chi connectivity index (χ1v) is 6.18. The van der Waals surface area contributed by atoms with Crippen LogP contribution in [-0.4, -0.2) is 39.8 Å². The molecule has 0 aliphatic heterocycles. The Hall–Kier alpha value is -0.680. The third-order valence-electron chi connectivity index (χ3n) is 1.79. The molecule has 94 valence electrons. The first-order chi connectivity index (χ1) is 7.55. The molecule has 0 aliphatic carbocycles. The number of carbonyl (C=O) groups is 1. The van der Waals surface area contributed by atoms with Crippen LogP contribution in [0.1, 0.15) is 6.92 Å². The maximum Gasteiger partial charge on any atom is 0.370 e. The molecule has 0 rings (SSSR count). The molecule has 0 N–H and O–H groups in total. The molecule has 1 unspecified atom stereocenters. The van der Waals surface area contributed by atoms with Gasteiger partial charge in [-0.15, -0.1) is 0 Å². The molecule has 0 aromatic rings. The van der Waals surface area contributed by atoms with Crippen molar-refractivity contribution in [3.05, 3.63) is 12.2 Å². The SMILES string of the molecule is CC=CCOC(C(=O)OC)P(=O)(OC)OC. The van der Waals surface area contributed by atoms with Crippen LogP contribution < -0.4 is 0 Å². The van der Waals surface area contributed by atoms with Gasteiger partial charge >= 0.3 is 13.6 Å². The summed E-state index contributed by atoms with van der Waals surface area (Å²) in [6, 6.07) is 0. The Kier molecular flexibility index (Phi) is 7.25. The Labute approximate surface area is 95.0 Å². The fraction of sp³-hybridized carbons (Fsp3) is 0.667. The van der Waals surface area contributed by atoms with E-state index in [1.165, 1.54) is 21.3 Å². The molecule has 7 heteroatoms. The van der Waals surface area contributed by atoms with Crippen LogP contribution in [0, 0.1) is 0 Å². The van der Waals surface area contributed by atoms with Crippen LogP contribution >= 0.6 is 7.60 Å². The molecule has 0 aromatic carbocycles. The Morgan fingerprint density at radius 2 is 1.88 bits per heavy atom. The molecular weight excluding hydrogens is 235 g/mol. The van der Waals surface area contributed by atoms with Crippen LogP contribution in [0.5, 0.6) is 0 Å². The highest BCUT2D eigenvalue weighted by Gasteiger charge is 2.41. The predicted octanol–water partition coefficient (Wildman–Crippen LogP) is 1.56. The highest BCUT2D eigenvalue weighted by molar-refractivity contribution is 7.55. The zero-order chi connectivity index (χ0) is 12.6. The fourth-order valence-corrected chi connectivity index (χ4v) is 2.06. The normalized spacial score (nSPS) is 14.0. The van der Waals surface area contributed by atoms with Crippen LogP contribution in [0.15, 0.2) is 12.2 Å². The number of allylic oxidation sites excluding steroid dienone is 1. The summed E-state index contributed by atoms with van der Waals surface area (Å²) >= 11 is 0. The van der Waals surface area contributed by atoms with Gasteiger partial charge in [0.05, 0.1) is 13.7 Å². The highest BCUT2D eigenvalue weighted by atomic mass is 31.2. The maximum absolute atomic E-state index is 12.0. The van der Waals surface area contributed by atoms with Crippen molar-refractivity contribution in [2.75, 3.05) is 27.9 Å². The van der Waals surface area contributed by atoms with Gasteiger partial charge in [-0.1, -0.05) is 12.2 Å². The van der Waals surface area contributed by atoms with Gasteiger partial charge in [0.15, 0.2) is 0 Å². The Balaban J connectivity index is 4.78. The smallest absolute Gasteiger partial charge is 0.370 e. The number of ether oxygens (including phenoxy) is 2. The molecule has 0 saturated heterocycles. The van der Waals surface area contributed by atoms with Crippen LogP contribution in [0.3, 0.4) is 0 Å². The minimum atomic E-state index is -3.63. The lowest BCUT2D eigenvalue weighted by Gasteiger charge is -2.21. The summed E-state index contributed by atoms with van der Waals surface area (Å²) in [4.78, 5) is 11.4. The Bertz CT molecular complexity index is 280. The van der Waals surface area contributed by atoms with E-state index < -0.39 is 19.4 Å². The first-order valence-electron chi connectivity index (χ1n) is 4.57. The van der Waals surface area contributed by atoms with Gasteiger partial charge in [-0.25, -0.2) is 4.79 Å². The fourth-order valence-electron chi connectivity index (χ4n) is 0.898. The van der Waals surface area contributed by atoms with Gasteiger partial charge < -0.3 is 18.5 Å². The molecule has 1 atom stereocenters. The number of methoxy groups -OCH3 is 1. The number of hydrogen-bond donors (Lipinski definition) is 0. The standard InChI is InChI=1S/C9H17O6P/c1-5-6-7-15-9(8(10)12-2)16(11,13-3)14-4/h5-6,9H,7H2,1-4H3. The summed E-state index contributed by atoms with van der Waals surface area (Å²) in [7, 11) is -0.105. The van der Waals surface area contributed by atoms with Gasteiger partial charge in [-0.3, -0.25) is 4.57 Å². The lowest BCUT2D eigenvalue weighted by Crippen LogP contribution is -2.27. The van der Waals surface area contributed by atoms with E-state index in [1.54, 1.807) is 19.1 Å². The maximum atomic E-state index is 12.0. The molecular formula is C9H17O6P. The molecule has 0 aliphatic rings. The summed E-state index contributed by atoms with van der Waals surface area (Å²) in [5.74, 6) is -2.17. The summed E-state index contributed by atoms with van der Waals surface area (Å²) < 4.78 is 30.9. The van der Waals surface area contributed by atoms with E-state index in [1.807, 2.05) is 0 Å². The van der Waals surface area contributed by atoms with Gasteiger partial charge in [0.1, 0.15) is 0 Å². The Morgan fingerprint density at radius 3 is 2.25 bits per heavy atom. The van der Waals surface area contributed by atoms with E-state index in [2.05, 4.69) is 13.8 Å². The van der Waals surface area contributed by atoms with Crippen molar-refractivity contribution in [1.82, 2.24) is 0 Å². The minimum absolute atomic E-state index is 0.118. The van der Waals surface area contributed by atoms with E-state index in [0.717, 1.165) is 0 Å². The minimum Gasteiger partial charge on any atom is -0.467 e. The third-order valence-corrected chi connectivity index (χ3v) is 3.74. The van der Waals surface area contributed by atoms with E-state index in [-0.39, 0.29) is 6.61 Å². The molecule has 0 radical (unpaired) electrons. The van der Waals surface area contributed by atoms with Crippen LogP contribution in [0.2, 0.25) is 0 Å². The van der Waals surface area contributed by atoms with Crippen LogP contribution in [-0.2, 0) is 27.9 Å². The molecule has 0 amide bonds. The number of hydrogen-bond acceptors (Lipinski definition) is 6. The largest absolute Gasteiger partial charge is 0.467 e. The summed E-state index contributed by atoms with van der Waals surface area (Å²) in [6.07, 6.45) is 3.39. The monoisotopic (exact) mass is 252 g/mol. The highest BCUT2D eigenvalue weighted by Crippen LogP contribution is 2.52. The number of rotatable bonds is 7. The van der Waals surface area contributed by atoms with Crippen molar-refractivity contribution in [3.8, 4) is 0 Å². The quantitative estimate of drug-likeness (QED) is 0.389. The third kappa shape index (κ3) is 4.06. The van der Waals surface area contributed by atoms with E-state index >= 15 is 0 Å². The zero-order valence-corrected chi connectivity index (χ0v) is 10.7. The molecule has 0 fully saturated rings. The molecule has 6 nitrogen and oxygen atoms in total. The Morgan fingerprint density at radius 1 is 1.31 bits per heavy atom. The summed E-state index contributed by atoms with van der Waals surface area (Å²) in [5.41, 5.74) is 0. The lowest BCUT2D eigenvalue weighted by molar-refractivity contribution is -0.149. The van der Waals surface area contributed by atoms with Crippen molar-refractivity contribution in [1.29, 1.82) is 0 Å². The van der Waals surface area contributed by atoms with E-state index in [4.69, 9.17) is 4.74 Å². The molecule has 0 spiro atoms. The van der Waals surface area contributed by atoms with Gasteiger partial charge in [-0.2, -0.15) is 0 Å². The average Bonchev–Trinajstić information content (AvgIpc) is 2.33. The number of carbonyl (C=O) groups excluding carboxylic acids is 1. The van der Waals surface area contributed by atoms with Crippen molar-refractivity contribution in [2.45, 2.75) is 12.8 Å². The predicted molar refractivity (Wildman–Crippen MR) is 58.2 cm³/mol. The van der Waals surface area contributed by atoms with Crippen molar-refractivity contribution in [2.24, 2.45) is 0 Å². The van der Waals surface area contributed by atoms with Crippen LogP contribution in [0.4, 0.5) is 0 Å². The van der Waals surface area contributed by atoms with Crippen molar-refractivity contribution in [3.63, 3.8) is 0 Å². The second kappa shape index (κ2) is 7.57. The van der Waals surface area contributed by atoms with Gasteiger partial charge in [0.25, 0.3) is 5.85 Å². The first kappa shape index (κ1) is 15.3. The van der Waals surface area contributed by atoms with E-state index in [0.29, 0.717) is 0 Å². The second-order valence-electron chi connectivity index (χ2n) is 2.68.